The lowest BCUT2D eigenvalue weighted by Crippen LogP contribution is -2.11. The van der Waals surface area contributed by atoms with Crippen LogP contribution in [-0.4, -0.2) is 7.11 Å². The maximum atomic E-state index is 6.27. The van der Waals surface area contributed by atoms with Crippen LogP contribution >= 0.6 is 12.4 Å². The van der Waals surface area contributed by atoms with Gasteiger partial charge in [0.25, 0.3) is 0 Å². The molecule has 110 valence electrons. The molecule has 0 spiro atoms. The molecule has 0 unspecified atom stereocenters. The van der Waals surface area contributed by atoms with E-state index in [0.717, 1.165) is 12.2 Å². The van der Waals surface area contributed by atoms with E-state index in [1.807, 2.05) is 6.07 Å². The van der Waals surface area contributed by atoms with E-state index < -0.39 is 0 Å². The molecule has 0 aliphatic rings. The molecule has 20 heavy (non-hydrogen) atoms. The van der Waals surface area contributed by atoms with Gasteiger partial charge in [0.1, 0.15) is 5.75 Å². The Bertz CT molecular complexity index is 554. The summed E-state index contributed by atoms with van der Waals surface area (Å²) in [6.45, 7) is 4.47. The molecule has 0 aliphatic heterocycles. The molecule has 2 N–H and O–H groups in total. The van der Waals surface area contributed by atoms with E-state index in [0.29, 0.717) is 5.92 Å². The van der Waals surface area contributed by atoms with Crippen molar-refractivity contribution >= 4 is 23.2 Å². The van der Waals surface area contributed by atoms with Gasteiger partial charge in [-0.2, -0.15) is 0 Å². The highest BCUT2D eigenvalue weighted by atomic mass is 35.5. The summed E-state index contributed by atoms with van der Waals surface area (Å²) >= 11 is 0. The van der Waals surface area contributed by atoms with E-state index in [-0.39, 0.29) is 18.4 Å². The number of rotatable bonds is 5. The summed E-state index contributed by atoms with van der Waals surface area (Å²) in [5, 5.41) is 2.41. The number of hydrogen-bond donors (Lipinski definition) is 1. The number of benzene rings is 2. The standard InChI is InChI=1S/C17H23NO.ClH/c1-12(2)4-9-17(18)15-6-5-14-11-16(19-3)8-7-13(14)10-15;/h5-8,10-12,17H,4,9,18H2,1-3H3;1H/t17-;/m0./s1. The highest BCUT2D eigenvalue weighted by molar-refractivity contribution is 5.85. The molecule has 2 aromatic carbocycles. The number of ether oxygens (including phenoxy) is 1. The van der Waals surface area contributed by atoms with Gasteiger partial charge in [0.15, 0.2) is 0 Å². The van der Waals surface area contributed by atoms with Crippen molar-refractivity contribution in [1.29, 1.82) is 0 Å². The minimum absolute atomic E-state index is 0. The summed E-state index contributed by atoms with van der Waals surface area (Å²) in [6.07, 6.45) is 2.21. The molecule has 0 fully saturated rings. The molecule has 0 aliphatic carbocycles. The number of hydrogen-bond acceptors (Lipinski definition) is 2. The minimum atomic E-state index is 0. The SMILES string of the molecule is COc1ccc2cc([C@@H](N)CCC(C)C)ccc2c1.Cl. The van der Waals surface area contributed by atoms with E-state index >= 15 is 0 Å². The van der Waals surface area contributed by atoms with Gasteiger partial charge in [-0.3, -0.25) is 0 Å². The van der Waals surface area contributed by atoms with Crippen LogP contribution in [0.1, 0.15) is 38.3 Å². The van der Waals surface area contributed by atoms with Crippen molar-refractivity contribution in [2.24, 2.45) is 11.7 Å². The van der Waals surface area contributed by atoms with Crippen LogP contribution in [-0.2, 0) is 0 Å². The van der Waals surface area contributed by atoms with Crippen LogP contribution in [0.2, 0.25) is 0 Å². The van der Waals surface area contributed by atoms with Crippen LogP contribution in [0.25, 0.3) is 10.8 Å². The lowest BCUT2D eigenvalue weighted by atomic mass is 9.96. The monoisotopic (exact) mass is 293 g/mol. The third-order valence-electron chi connectivity index (χ3n) is 3.55. The van der Waals surface area contributed by atoms with Crippen LogP contribution in [0.4, 0.5) is 0 Å². The molecule has 0 amide bonds. The Labute approximate surface area is 127 Å². The molecule has 0 heterocycles. The van der Waals surface area contributed by atoms with Gasteiger partial charge in [-0.1, -0.05) is 32.0 Å². The first-order chi connectivity index (χ1) is 9.10. The molecular weight excluding hydrogens is 270 g/mol. The van der Waals surface area contributed by atoms with Crippen LogP contribution in [0.15, 0.2) is 36.4 Å². The Morgan fingerprint density at radius 2 is 1.65 bits per heavy atom. The molecule has 2 nitrogen and oxygen atoms in total. The molecule has 3 heteroatoms. The maximum absolute atomic E-state index is 6.27. The number of fused-ring (bicyclic) bond motifs is 1. The second kappa shape index (κ2) is 7.51. The Morgan fingerprint density at radius 3 is 2.30 bits per heavy atom. The number of halogens is 1. The topological polar surface area (TPSA) is 35.2 Å². The van der Waals surface area contributed by atoms with Crippen LogP contribution in [0.3, 0.4) is 0 Å². The normalized spacial score (nSPS) is 12.2. The summed E-state index contributed by atoms with van der Waals surface area (Å²) in [5.74, 6) is 1.60. The third kappa shape index (κ3) is 4.12. The summed E-state index contributed by atoms with van der Waals surface area (Å²) in [4.78, 5) is 0. The minimum Gasteiger partial charge on any atom is -0.497 e. The smallest absolute Gasteiger partial charge is 0.119 e. The van der Waals surface area contributed by atoms with E-state index in [1.54, 1.807) is 7.11 Å². The van der Waals surface area contributed by atoms with Gasteiger partial charge >= 0.3 is 0 Å². The molecule has 0 radical (unpaired) electrons. The average molecular weight is 294 g/mol. The summed E-state index contributed by atoms with van der Waals surface area (Å²) in [5.41, 5.74) is 7.49. The van der Waals surface area contributed by atoms with E-state index in [4.69, 9.17) is 10.5 Å². The van der Waals surface area contributed by atoms with Gasteiger partial charge in [-0.25, -0.2) is 0 Å². The lowest BCUT2D eigenvalue weighted by Gasteiger charge is -2.14. The first kappa shape index (κ1) is 16.8. The zero-order valence-corrected chi connectivity index (χ0v) is 13.2. The summed E-state index contributed by atoms with van der Waals surface area (Å²) in [7, 11) is 1.69. The van der Waals surface area contributed by atoms with Crippen molar-refractivity contribution in [1.82, 2.24) is 0 Å². The van der Waals surface area contributed by atoms with Gasteiger partial charge in [0, 0.05) is 6.04 Å². The van der Waals surface area contributed by atoms with Crippen molar-refractivity contribution in [3.63, 3.8) is 0 Å². The van der Waals surface area contributed by atoms with Gasteiger partial charge in [0.2, 0.25) is 0 Å². The van der Waals surface area contributed by atoms with E-state index in [1.165, 1.54) is 22.8 Å². The molecule has 0 saturated heterocycles. The van der Waals surface area contributed by atoms with Crippen LogP contribution < -0.4 is 10.5 Å². The van der Waals surface area contributed by atoms with E-state index in [9.17, 15) is 0 Å². The highest BCUT2D eigenvalue weighted by Gasteiger charge is 2.08. The second-order valence-electron chi connectivity index (χ2n) is 5.55. The largest absolute Gasteiger partial charge is 0.497 e. The fourth-order valence-electron chi connectivity index (χ4n) is 2.28. The Balaban J connectivity index is 0.00000200. The predicted molar refractivity (Wildman–Crippen MR) is 88.7 cm³/mol. The van der Waals surface area contributed by atoms with Crippen molar-refractivity contribution in [3.8, 4) is 5.75 Å². The highest BCUT2D eigenvalue weighted by Crippen LogP contribution is 2.25. The van der Waals surface area contributed by atoms with Crippen LogP contribution in [0.5, 0.6) is 5.75 Å². The number of methoxy groups -OCH3 is 1. The molecule has 0 saturated carbocycles. The molecule has 1 atom stereocenters. The Morgan fingerprint density at radius 1 is 1.00 bits per heavy atom. The van der Waals surface area contributed by atoms with Gasteiger partial charge < -0.3 is 10.5 Å². The quantitative estimate of drug-likeness (QED) is 0.867. The first-order valence-corrected chi connectivity index (χ1v) is 6.93. The summed E-state index contributed by atoms with van der Waals surface area (Å²) in [6, 6.07) is 12.7. The lowest BCUT2D eigenvalue weighted by molar-refractivity contribution is 0.415. The Hall–Kier alpha value is -1.25. The maximum Gasteiger partial charge on any atom is 0.119 e. The van der Waals surface area contributed by atoms with Crippen molar-refractivity contribution in [3.05, 3.63) is 42.0 Å². The van der Waals surface area contributed by atoms with Crippen LogP contribution in [0, 0.1) is 5.92 Å². The van der Waals surface area contributed by atoms with Gasteiger partial charge in [0.05, 0.1) is 7.11 Å². The third-order valence-corrected chi connectivity index (χ3v) is 3.55. The zero-order chi connectivity index (χ0) is 13.8. The molecule has 0 aromatic heterocycles. The van der Waals surface area contributed by atoms with Gasteiger partial charge in [-0.15, -0.1) is 12.4 Å². The fourth-order valence-corrected chi connectivity index (χ4v) is 2.28. The molecule has 2 rings (SSSR count). The Kier molecular flexibility index (Phi) is 6.31. The predicted octanol–water partition coefficient (Wildman–Crippen LogP) is 4.71. The van der Waals surface area contributed by atoms with Crippen molar-refractivity contribution in [2.45, 2.75) is 32.7 Å². The summed E-state index contributed by atoms with van der Waals surface area (Å²) < 4.78 is 5.24. The first-order valence-electron chi connectivity index (χ1n) is 6.93. The zero-order valence-electron chi connectivity index (χ0n) is 12.4. The molecular formula is C17H24ClNO. The van der Waals surface area contributed by atoms with Crippen molar-refractivity contribution in [2.75, 3.05) is 7.11 Å². The van der Waals surface area contributed by atoms with E-state index in [2.05, 4.69) is 44.2 Å². The average Bonchev–Trinajstić information content (AvgIpc) is 2.43. The molecule has 0 bridgehead atoms. The number of nitrogens with two attached hydrogens (primary N) is 1. The van der Waals surface area contributed by atoms with Gasteiger partial charge in [-0.05, 0) is 53.3 Å². The molecule has 2 aromatic rings. The second-order valence-corrected chi connectivity index (χ2v) is 5.55. The van der Waals surface area contributed by atoms with Crippen molar-refractivity contribution < 1.29 is 4.74 Å². The fraction of sp³-hybridized carbons (Fsp3) is 0.412.